The molecule has 0 heterocycles. The molecule has 19 heavy (non-hydrogen) atoms. The van der Waals surface area contributed by atoms with Gasteiger partial charge in [-0.25, -0.2) is 0 Å². The predicted octanol–water partition coefficient (Wildman–Crippen LogP) is 4.90. The van der Waals surface area contributed by atoms with Crippen LogP contribution in [-0.2, 0) is 25.8 Å². The average molecular weight is 435 g/mol. The van der Waals surface area contributed by atoms with Crippen molar-refractivity contribution in [2.45, 2.75) is 12.8 Å². The van der Waals surface area contributed by atoms with E-state index in [-0.39, 0.29) is 25.8 Å². The number of benzene rings is 1. The topological polar surface area (TPSA) is 9.23 Å². The quantitative estimate of drug-likeness (QED) is 0.614. The number of halogens is 1. The number of hydrogen-bond donors (Lipinski definition) is 0. The normalized spacial score (nSPS) is 16.1. The third-order valence-corrected chi connectivity index (χ3v) is 3.49. The Morgan fingerprint density at radius 1 is 0.947 bits per heavy atom. The van der Waals surface area contributed by atoms with Gasteiger partial charge in [0.1, 0.15) is 11.9 Å². The molecule has 0 aliphatic heterocycles. The molecule has 0 amide bonds. The van der Waals surface area contributed by atoms with Crippen LogP contribution < -0.4 is 4.29 Å². The zero-order valence-electron chi connectivity index (χ0n) is 10.4. The van der Waals surface area contributed by atoms with Gasteiger partial charge in [-0.2, -0.15) is 0 Å². The van der Waals surface area contributed by atoms with E-state index in [4.69, 9.17) is 16.2 Å². The van der Waals surface area contributed by atoms with Crippen LogP contribution in [0, 0.1) is 0 Å². The molecule has 0 saturated carbocycles. The first kappa shape index (κ1) is 14.5. The average Bonchev–Trinajstić information content (AvgIpc) is 3.10. The molecule has 1 aromatic rings. The van der Waals surface area contributed by atoms with Crippen molar-refractivity contribution in [2.24, 2.45) is 0 Å². The van der Waals surface area contributed by atoms with Gasteiger partial charge in [0.25, 0.3) is 0 Å². The summed E-state index contributed by atoms with van der Waals surface area (Å²) < 4.78 is 5.01. The summed E-state index contributed by atoms with van der Waals surface area (Å²) in [6.45, 7) is 0. The Hall–Kier alpha value is -0.860. The Kier molecular flexibility index (Phi) is 5.00. The first-order valence-electron chi connectivity index (χ1n) is 6.04. The van der Waals surface area contributed by atoms with Crippen LogP contribution in [0.25, 0.3) is 11.1 Å². The molecule has 0 fully saturated rings. The molecule has 0 N–H and O–H groups in total. The van der Waals surface area contributed by atoms with E-state index in [0.717, 1.165) is 24.2 Å². The summed E-state index contributed by atoms with van der Waals surface area (Å²) >= 11 is 5.61. The standard InChI is InChI=1S/C16H13ClO.Hf/c17-18-15-11-5-10-14(12-6-1-2-7-12)16(15)13-8-3-4-9-13;/h1-6,8,10-11H,7,9H2;. The minimum absolute atomic E-state index is 0. The zero-order valence-corrected chi connectivity index (χ0v) is 14.7. The Morgan fingerprint density at radius 3 is 2.21 bits per heavy atom. The molecular formula is C16H13ClHfO. The molecule has 3 heteroatoms. The largest absolute Gasteiger partial charge is 0.385 e. The summed E-state index contributed by atoms with van der Waals surface area (Å²) in [5.41, 5.74) is 4.91. The first-order chi connectivity index (χ1) is 8.90. The second-order valence-electron chi connectivity index (χ2n) is 4.40. The van der Waals surface area contributed by atoms with E-state index in [1.807, 2.05) is 12.1 Å². The van der Waals surface area contributed by atoms with Crippen LogP contribution in [0.2, 0.25) is 0 Å². The van der Waals surface area contributed by atoms with E-state index in [9.17, 15) is 0 Å². The maximum atomic E-state index is 5.61. The predicted molar refractivity (Wildman–Crippen MR) is 76.4 cm³/mol. The van der Waals surface area contributed by atoms with Gasteiger partial charge in [-0.15, -0.1) is 0 Å². The monoisotopic (exact) mass is 436 g/mol. The fraction of sp³-hybridized carbons (Fsp3) is 0.125. The molecule has 1 aromatic carbocycles. The third-order valence-electron chi connectivity index (χ3n) is 3.32. The molecular weight excluding hydrogens is 422 g/mol. The summed E-state index contributed by atoms with van der Waals surface area (Å²) in [4.78, 5) is 0. The smallest absolute Gasteiger partial charge is 0.154 e. The second kappa shape index (κ2) is 6.53. The van der Waals surface area contributed by atoms with Crippen molar-refractivity contribution in [3.8, 4) is 5.75 Å². The van der Waals surface area contributed by atoms with Gasteiger partial charge in [0.2, 0.25) is 0 Å². The molecule has 94 valence electrons. The molecule has 0 spiro atoms. The van der Waals surface area contributed by atoms with Crippen LogP contribution in [0.5, 0.6) is 5.75 Å². The van der Waals surface area contributed by atoms with Crippen molar-refractivity contribution in [2.75, 3.05) is 0 Å². The van der Waals surface area contributed by atoms with Gasteiger partial charge in [0, 0.05) is 31.4 Å². The Balaban J connectivity index is 0.00000133. The molecule has 1 nitrogen and oxygen atoms in total. The van der Waals surface area contributed by atoms with Crippen molar-refractivity contribution >= 4 is 23.0 Å². The fourth-order valence-electron chi connectivity index (χ4n) is 2.47. The molecule has 2 aliphatic rings. The van der Waals surface area contributed by atoms with Crippen molar-refractivity contribution in [3.05, 3.63) is 65.8 Å². The summed E-state index contributed by atoms with van der Waals surface area (Å²) in [7, 11) is 0. The van der Waals surface area contributed by atoms with Crippen molar-refractivity contribution in [1.29, 1.82) is 0 Å². The number of rotatable bonds is 3. The molecule has 0 bridgehead atoms. The van der Waals surface area contributed by atoms with Crippen molar-refractivity contribution < 1.29 is 30.1 Å². The van der Waals surface area contributed by atoms with Crippen LogP contribution in [0.15, 0.2) is 54.7 Å². The van der Waals surface area contributed by atoms with E-state index in [0.29, 0.717) is 0 Å². The second-order valence-corrected chi connectivity index (χ2v) is 4.56. The van der Waals surface area contributed by atoms with Gasteiger partial charge >= 0.3 is 0 Å². The fourth-order valence-corrected chi connectivity index (χ4v) is 2.60. The molecule has 3 rings (SSSR count). The van der Waals surface area contributed by atoms with Gasteiger partial charge in [-0.05, 0) is 35.6 Å². The maximum Gasteiger partial charge on any atom is 0.154 e. The minimum Gasteiger partial charge on any atom is -0.385 e. The molecule has 0 radical (unpaired) electrons. The van der Waals surface area contributed by atoms with Crippen LogP contribution in [0.4, 0.5) is 0 Å². The van der Waals surface area contributed by atoms with Crippen molar-refractivity contribution in [1.82, 2.24) is 0 Å². The first-order valence-corrected chi connectivity index (χ1v) is 6.35. The van der Waals surface area contributed by atoms with Gasteiger partial charge in [-0.1, -0.05) is 48.6 Å². The molecule has 2 aliphatic carbocycles. The Bertz CT molecular complexity index is 597. The van der Waals surface area contributed by atoms with E-state index in [1.165, 1.54) is 16.7 Å². The van der Waals surface area contributed by atoms with Crippen molar-refractivity contribution in [3.63, 3.8) is 0 Å². The summed E-state index contributed by atoms with van der Waals surface area (Å²) in [6, 6.07) is 6.03. The maximum absolute atomic E-state index is 5.61. The van der Waals surface area contributed by atoms with E-state index in [1.54, 1.807) is 0 Å². The summed E-state index contributed by atoms with van der Waals surface area (Å²) in [5, 5.41) is 0. The van der Waals surface area contributed by atoms with Crippen LogP contribution in [0.3, 0.4) is 0 Å². The zero-order chi connectivity index (χ0) is 12.4. The summed E-state index contributed by atoms with van der Waals surface area (Å²) in [5.74, 6) is 0.733. The van der Waals surface area contributed by atoms with E-state index >= 15 is 0 Å². The number of hydrogen-bond acceptors (Lipinski definition) is 1. The molecule has 0 atom stereocenters. The molecule has 0 saturated heterocycles. The van der Waals surface area contributed by atoms with Gasteiger partial charge < -0.3 is 4.29 Å². The van der Waals surface area contributed by atoms with E-state index < -0.39 is 0 Å². The van der Waals surface area contributed by atoms with Gasteiger partial charge in [0.15, 0.2) is 5.75 Å². The van der Waals surface area contributed by atoms with Gasteiger partial charge in [-0.3, -0.25) is 0 Å². The molecule has 0 unspecified atom stereocenters. The van der Waals surface area contributed by atoms with Crippen LogP contribution in [0.1, 0.15) is 24.0 Å². The third kappa shape index (κ3) is 2.85. The SMILES string of the molecule is ClOc1cccc(C2=CC=CC2)c1C1=CC=CC1.[Hf]. The summed E-state index contributed by atoms with van der Waals surface area (Å²) in [6.07, 6.45) is 14.7. The van der Waals surface area contributed by atoms with Crippen LogP contribution >= 0.6 is 11.9 Å². The Morgan fingerprint density at radius 2 is 1.63 bits per heavy atom. The van der Waals surface area contributed by atoms with E-state index in [2.05, 4.69) is 42.5 Å². The van der Waals surface area contributed by atoms with Crippen LogP contribution in [-0.4, -0.2) is 0 Å². The Labute approximate surface area is 137 Å². The van der Waals surface area contributed by atoms with Gasteiger partial charge in [0.05, 0.1) is 0 Å². The number of allylic oxidation sites excluding steroid dienone is 8. The molecule has 0 aromatic heterocycles. The minimum atomic E-state index is 0.